The highest BCUT2D eigenvalue weighted by atomic mass is 16.5. The fourth-order valence-electron chi connectivity index (χ4n) is 2.12. The molecule has 90 valence electrons. The predicted molar refractivity (Wildman–Crippen MR) is 59.2 cm³/mol. The van der Waals surface area contributed by atoms with Crippen LogP contribution in [0, 0.1) is 0 Å². The summed E-state index contributed by atoms with van der Waals surface area (Å²) < 4.78 is 10.4. The molecule has 2 aliphatic rings. The third-order valence-electron chi connectivity index (χ3n) is 2.94. The molecule has 1 aromatic heterocycles. The van der Waals surface area contributed by atoms with Gasteiger partial charge >= 0.3 is 0 Å². The molecule has 1 unspecified atom stereocenters. The predicted octanol–water partition coefficient (Wildman–Crippen LogP) is -0.358. The van der Waals surface area contributed by atoms with Crippen molar-refractivity contribution < 1.29 is 14.3 Å². The molecule has 0 saturated carbocycles. The number of hydrogen-bond donors (Lipinski definition) is 1. The number of morpholine rings is 1. The van der Waals surface area contributed by atoms with Crippen LogP contribution in [0.5, 0.6) is 5.88 Å². The van der Waals surface area contributed by atoms with Gasteiger partial charge in [-0.05, 0) is 0 Å². The number of ether oxygens (including phenoxy) is 2. The molecule has 1 saturated heterocycles. The van der Waals surface area contributed by atoms with Gasteiger partial charge in [-0.15, -0.1) is 0 Å². The van der Waals surface area contributed by atoms with Gasteiger partial charge in [0.25, 0.3) is 0 Å². The molecule has 0 bridgehead atoms. The van der Waals surface area contributed by atoms with Crippen molar-refractivity contribution >= 4 is 17.4 Å². The zero-order valence-corrected chi connectivity index (χ0v) is 9.34. The van der Waals surface area contributed by atoms with E-state index in [1.54, 1.807) is 0 Å². The Morgan fingerprint density at radius 3 is 3.29 bits per heavy atom. The summed E-state index contributed by atoms with van der Waals surface area (Å²) >= 11 is 0. The molecule has 1 amide bonds. The smallest absolute Gasteiger partial charge is 0.249 e. The highest BCUT2D eigenvalue weighted by molar-refractivity contribution is 6.04. The minimum Gasteiger partial charge on any atom is -0.479 e. The maximum atomic E-state index is 11.9. The first-order chi connectivity index (χ1) is 8.31. The number of carbonyl (C=O) groups is 1. The van der Waals surface area contributed by atoms with E-state index >= 15 is 0 Å². The molecular weight excluding hydrogens is 224 g/mol. The van der Waals surface area contributed by atoms with Gasteiger partial charge in [-0.2, -0.15) is 4.98 Å². The number of fused-ring (bicyclic) bond motifs is 3. The Labute approximate surface area is 97.7 Å². The van der Waals surface area contributed by atoms with E-state index in [0.717, 1.165) is 0 Å². The number of nitrogens with zero attached hydrogens (tertiary/aromatic N) is 3. The molecule has 7 nitrogen and oxygen atoms in total. The summed E-state index contributed by atoms with van der Waals surface area (Å²) in [4.78, 5) is 22.0. The van der Waals surface area contributed by atoms with Crippen molar-refractivity contribution in [3.63, 3.8) is 0 Å². The van der Waals surface area contributed by atoms with Crippen LogP contribution < -0.4 is 15.0 Å². The molecule has 3 heterocycles. The molecule has 1 N–H and O–H groups in total. The van der Waals surface area contributed by atoms with Gasteiger partial charge < -0.3 is 19.7 Å². The molecule has 0 radical (unpaired) electrons. The third-order valence-corrected chi connectivity index (χ3v) is 2.94. The van der Waals surface area contributed by atoms with Crippen molar-refractivity contribution in [1.82, 2.24) is 9.97 Å². The fraction of sp³-hybridized carbons (Fsp3) is 0.500. The van der Waals surface area contributed by atoms with Crippen LogP contribution in [-0.2, 0) is 9.53 Å². The molecule has 7 heteroatoms. The molecule has 1 aromatic rings. The lowest BCUT2D eigenvalue weighted by molar-refractivity contribution is -0.120. The van der Waals surface area contributed by atoms with E-state index in [1.165, 1.54) is 13.4 Å². The van der Waals surface area contributed by atoms with E-state index in [1.807, 2.05) is 4.90 Å². The number of nitrogens with one attached hydrogen (secondary N) is 1. The Balaban J connectivity index is 2.08. The minimum absolute atomic E-state index is 0.106. The normalized spacial score (nSPS) is 22.5. The Kier molecular flexibility index (Phi) is 2.32. The molecule has 17 heavy (non-hydrogen) atoms. The van der Waals surface area contributed by atoms with Crippen molar-refractivity contribution in [2.24, 2.45) is 0 Å². The number of methoxy groups -OCH3 is 1. The molecule has 2 aliphatic heterocycles. The second-order valence-electron chi connectivity index (χ2n) is 3.85. The van der Waals surface area contributed by atoms with Crippen molar-refractivity contribution in [2.45, 2.75) is 6.04 Å². The van der Waals surface area contributed by atoms with Crippen LogP contribution in [0.1, 0.15) is 0 Å². The zero-order valence-electron chi connectivity index (χ0n) is 9.34. The number of aromatic nitrogens is 2. The first kappa shape index (κ1) is 10.3. The first-order valence-corrected chi connectivity index (χ1v) is 5.35. The van der Waals surface area contributed by atoms with Crippen LogP contribution in [0.2, 0.25) is 0 Å². The lowest BCUT2D eigenvalue weighted by atomic mass is 10.1. The monoisotopic (exact) mass is 236 g/mol. The number of hydrogen-bond acceptors (Lipinski definition) is 6. The van der Waals surface area contributed by atoms with Gasteiger partial charge in [-0.1, -0.05) is 0 Å². The van der Waals surface area contributed by atoms with Gasteiger partial charge in [0.1, 0.15) is 18.1 Å². The van der Waals surface area contributed by atoms with Crippen LogP contribution in [0.4, 0.5) is 11.5 Å². The van der Waals surface area contributed by atoms with E-state index in [4.69, 9.17) is 9.47 Å². The molecule has 3 rings (SSSR count). The standard InChI is InChI=1S/C10H12N4O3/c1-16-10-7-8(11-5-12-10)14-2-3-17-4-6(14)9(15)13-7/h5-6H,2-4H2,1H3,(H,13,15). The van der Waals surface area contributed by atoms with E-state index in [-0.39, 0.29) is 11.9 Å². The molecular formula is C10H12N4O3. The minimum atomic E-state index is -0.309. The molecule has 1 atom stereocenters. The van der Waals surface area contributed by atoms with Gasteiger partial charge in [0.2, 0.25) is 11.8 Å². The van der Waals surface area contributed by atoms with Crippen LogP contribution in [0.3, 0.4) is 0 Å². The Bertz CT molecular complexity index is 465. The molecule has 0 spiro atoms. The second kappa shape index (κ2) is 3.85. The summed E-state index contributed by atoms with van der Waals surface area (Å²) in [5, 5.41) is 2.77. The highest BCUT2D eigenvalue weighted by Crippen LogP contribution is 2.36. The highest BCUT2D eigenvalue weighted by Gasteiger charge is 2.37. The summed E-state index contributed by atoms with van der Waals surface area (Å²) in [5.74, 6) is 0.975. The molecule has 0 aromatic carbocycles. The zero-order chi connectivity index (χ0) is 11.8. The van der Waals surface area contributed by atoms with E-state index in [9.17, 15) is 4.79 Å². The summed E-state index contributed by atoms with van der Waals surface area (Å²) in [6.07, 6.45) is 1.43. The maximum Gasteiger partial charge on any atom is 0.249 e. The topological polar surface area (TPSA) is 76.6 Å². The van der Waals surface area contributed by atoms with Crippen LogP contribution in [-0.4, -0.2) is 48.8 Å². The first-order valence-electron chi connectivity index (χ1n) is 5.35. The summed E-state index contributed by atoms with van der Waals surface area (Å²) in [7, 11) is 1.51. The van der Waals surface area contributed by atoms with Crippen molar-refractivity contribution in [3.05, 3.63) is 6.33 Å². The third kappa shape index (κ3) is 1.50. The fourth-order valence-corrected chi connectivity index (χ4v) is 2.12. The Morgan fingerprint density at radius 2 is 2.47 bits per heavy atom. The number of carbonyl (C=O) groups excluding carboxylic acids is 1. The van der Waals surface area contributed by atoms with Crippen LogP contribution in [0.15, 0.2) is 6.33 Å². The summed E-state index contributed by atoms with van der Waals surface area (Å²) in [6, 6.07) is -0.309. The number of rotatable bonds is 1. The van der Waals surface area contributed by atoms with Gasteiger partial charge in [0, 0.05) is 6.54 Å². The Morgan fingerprint density at radius 1 is 1.59 bits per heavy atom. The SMILES string of the molecule is COc1ncnc2c1NC(=O)C1COCCN21. The maximum absolute atomic E-state index is 11.9. The summed E-state index contributed by atoms with van der Waals surface area (Å²) in [6.45, 7) is 1.62. The van der Waals surface area contributed by atoms with Gasteiger partial charge in [-0.25, -0.2) is 4.98 Å². The van der Waals surface area contributed by atoms with Gasteiger partial charge in [-0.3, -0.25) is 4.79 Å². The molecule has 1 fully saturated rings. The second-order valence-corrected chi connectivity index (χ2v) is 3.85. The van der Waals surface area contributed by atoms with Crippen molar-refractivity contribution in [2.75, 3.05) is 37.1 Å². The van der Waals surface area contributed by atoms with Crippen molar-refractivity contribution in [3.8, 4) is 5.88 Å². The largest absolute Gasteiger partial charge is 0.479 e. The van der Waals surface area contributed by atoms with Gasteiger partial charge in [0.15, 0.2) is 5.82 Å². The number of amides is 1. The van der Waals surface area contributed by atoms with Crippen LogP contribution >= 0.6 is 0 Å². The average molecular weight is 236 g/mol. The quantitative estimate of drug-likeness (QED) is 0.717. The lowest BCUT2D eigenvalue weighted by Crippen LogP contribution is -2.55. The molecule has 0 aliphatic carbocycles. The lowest BCUT2D eigenvalue weighted by Gasteiger charge is -2.39. The number of anilines is 2. The van der Waals surface area contributed by atoms with Crippen LogP contribution in [0.25, 0.3) is 0 Å². The van der Waals surface area contributed by atoms with Crippen molar-refractivity contribution in [1.29, 1.82) is 0 Å². The van der Waals surface area contributed by atoms with E-state index < -0.39 is 0 Å². The summed E-state index contributed by atoms with van der Waals surface area (Å²) in [5.41, 5.74) is 0.540. The van der Waals surface area contributed by atoms with Gasteiger partial charge in [0.05, 0.1) is 20.3 Å². The van der Waals surface area contributed by atoms with E-state index in [0.29, 0.717) is 37.1 Å². The van der Waals surface area contributed by atoms with E-state index in [2.05, 4.69) is 15.3 Å². The Hall–Kier alpha value is -1.89. The average Bonchev–Trinajstić information content (AvgIpc) is 2.39.